The Morgan fingerprint density at radius 2 is 1.47 bits per heavy atom. The number of ether oxygens (including phenoxy) is 1. The molecule has 34 heavy (non-hydrogen) atoms. The molecule has 0 bridgehead atoms. The summed E-state index contributed by atoms with van der Waals surface area (Å²) in [5.41, 5.74) is 3.96. The molecule has 8 nitrogen and oxygen atoms in total. The minimum atomic E-state index is -1.14. The van der Waals surface area contributed by atoms with Crippen LogP contribution >= 0.6 is 0 Å². The molecule has 0 spiro atoms. The molecule has 2 unspecified atom stereocenters. The van der Waals surface area contributed by atoms with E-state index in [0.717, 1.165) is 16.7 Å². The summed E-state index contributed by atoms with van der Waals surface area (Å²) >= 11 is 0. The fraction of sp³-hybridized carbons (Fsp3) is 0.385. The fourth-order valence-electron chi connectivity index (χ4n) is 3.23. The van der Waals surface area contributed by atoms with Crippen LogP contribution in [0.4, 0.5) is 5.69 Å². The Kier molecular flexibility index (Phi) is 9.36. The summed E-state index contributed by atoms with van der Waals surface area (Å²) in [4.78, 5) is 49.8. The first-order chi connectivity index (χ1) is 16.0. The van der Waals surface area contributed by atoms with Crippen molar-refractivity contribution in [3.8, 4) is 0 Å². The Morgan fingerprint density at radius 1 is 0.882 bits per heavy atom. The Hall–Kier alpha value is -3.68. The van der Waals surface area contributed by atoms with Gasteiger partial charge in [0.2, 0.25) is 5.91 Å². The van der Waals surface area contributed by atoms with E-state index in [2.05, 4.69) is 16.0 Å². The monoisotopic (exact) mass is 467 g/mol. The number of esters is 1. The van der Waals surface area contributed by atoms with Crippen LogP contribution < -0.4 is 16.0 Å². The number of benzene rings is 2. The molecule has 2 rings (SSSR count). The lowest BCUT2D eigenvalue weighted by molar-refractivity contribution is -0.157. The van der Waals surface area contributed by atoms with E-state index < -0.39 is 35.8 Å². The first-order valence-electron chi connectivity index (χ1n) is 11.2. The van der Waals surface area contributed by atoms with Crippen molar-refractivity contribution in [3.05, 3.63) is 64.7 Å². The maximum absolute atomic E-state index is 12.7. The van der Waals surface area contributed by atoms with Crippen molar-refractivity contribution in [1.82, 2.24) is 10.6 Å². The van der Waals surface area contributed by atoms with E-state index in [9.17, 15) is 19.2 Å². The number of nitrogens with one attached hydrogen (secondary N) is 3. The Labute approximate surface area is 200 Å². The van der Waals surface area contributed by atoms with Gasteiger partial charge in [-0.25, -0.2) is 4.79 Å². The maximum Gasteiger partial charge on any atom is 0.329 e. The molecular formula is C26H33N3O5. The van der Waals surface area contributed by atoms with Crippen molar-refractivity contribution in [2.45, 2.75) is 53.7 Å². The zero-order valence-corrected chi connectivity index (χ0v) is 20.5. The van der Waals surface area contributed by atoms with Crippen LogP contribution in [0.15, 0.2) is 42.5 Å². The molecule has 0 aliphatic carbocycles. The molecule has 2 aromatic rings. The van der Waals surface area contributed by atoms with Gasteiger partial charge in [-0.1, -0.05) is 49.7 Å². The molecule has 182 valence electrons. The van der Waals surface area contributed by atoms with Crippen LogP contribution in [0.5, 0.6) is 0 Å². The summed E-state index contributed by atoms with van der Waals surface area (Å²) in [5.74, 6) is -2.40. The van der Waals surface area contributed by atoms with Crippen LogP contribution in [0.3, 0.4) is 0 Å². The first kappa shape index (κ1) is 26.6. The molecule has 8 heteroatoms. The van der Waals surface area contributed by atoms with Crippen LogP contribution in [-0.2, 0) is 19.1 Å². The van der Waals surface area contributed by atoms with Gasteiger partial charge in [0.15, 0.2) is 6.10 Å². The molecule has 0 aromatic heterocycles. The molecule has 2 aromatic carbocycles. The number of para-hydroxylation sites is 1. The standard InChI is InChI=1S/C26H33N3O5/c1-15(2)22(29-25(32)20-12-10-16(3)11-13-20)26(33)34-19(6)24(31)27-14-21(30)28-23-17(4)8-7-9-18(23)5/h7-13,15,19,22H,14H2,1-6H3,(H,27,31)(H,28,30)(H,29,32). The zero-order chi connectivity index (χ0) is 25.4. The fourth-order valence-corrected chi connectivity index (χ4v) is 3.23. The maximum atomic E-state index is 12.7. The second kappa shape index (κ2) is 12.0. The van der Waals surface area contributed by atoms with Gasteiger partial charge in [-0.15, -0.1) is 0 Å². The highest BCUT2D eigenvalue weighted by molar-refractivity contribution is 5.98. The quantitative estimate of drug-likeness (QED) is 0.491. The average molecular weight is 468 g/mol. The number of anilines is 1. The van der Waals surface area contributed by atoms with Gasteiger partial charge in [0, 0.05) is 11.3 Å². The van der Waals surface area contributed by atoms with E-state index in [1.807, 2.05) is 39.0 Å². The van der Waals surface area contributed by atoms with E-state index in [0.29, 0.717) is 11.3 Å². The van der Waals surface area contributed by atoms with Crippen molar-refractivity contribution >= 4 is 29.4 Å². The van der Waals surface area contributed by atoms with Gasteiger partial charge < -0.3 is 20.7 Å². The molecule has 3 N–H and O–H groups in total. The second-order valence-corrected chi connectivity index (χ2v) is 8.67. The van der Waals surface area contributed by atoms with Gasteiger partial charge in [-0.2, -0.15) is 0 Å². The molecule has 0 saturated carbocycles. The van der Waals surface area contributed by atoms with Gasteiger partial charge in [0.25, 0.3) is 11.8 Å². The summed E-state index contributed by atoms with van der Waals surface area (Å²) in [6.07, 6.45) is -1.14. The van der Waals surface area contributed by atoms with E-state index >= 15 is 0 Å². The number of amides is 3. The molecule has 0 saturated heterocycles. The van der Waals surface area contributed by atoms with Gasteiger partial charge in [0.1, 0.15) is 6.04 Å². The SMILES string of the molecule is Cc1ccc(C(=O)NC(C(=O)OC(C)C(=O)NCC(=O)Nc2c(C)cccc2C)C(C)C)cc1. The summed E-state index contributed by atoms with van der Waals surface area (Å²) in [6, 6.07) is 11.7. The minimum absolute atomic E-state index is 0.264. The number of carbonyl (C=O) groups is 4. The zero-order valence-electron chi connectivity index (χ0n) is 20.5. The Morgan fingerprint density at radius 3 is 2.03 bits per heavy atom. The lowest BCUT2D eigenvalue weighted by Gasteiger charge is -2.23. The summed E-state index contributed by atoms with van der Waals surface area (Å²) in [5, 5.41) is 7.92. The summed E-state index contributed by atoms with van der Waals surface area (Å²) in [6.45, 7) is 10.3. The topological polar surface area (TPSA) is 114 Å². The average Bonchev–Trinajstić information content (AvgIpc) is 2.78. The van der Waals surface area contributed by atoms with Gasteiger partial charge >= 0.3 is 5.97 Å². The molecule has 0 heterocycles. The molecule has 0 fully saturated rings. The van der Waals surface area contributed by atoms with Crippen LogP contribution in [0.25, 0.3) is 0 Å². The highest BCUT2D eigenvalue weighted by atomic mass is 16.5. The van der Waals surface area contributed by atoms with Crippen molar-refractivity contribution in [3.63, 3.8) is 0 Å². The predicted molar refractivity (Wildman–Crippen MR) is 130 cm³/mol. The Bertz CT molecular complexity index is 1030. The van der Waals surface area contributed by atoms with Crippen LogP contribution in [0.2, 0.25) is 0 Å². The molecule has 0 radical (unpaired) electrons. The van der Waals surface area contributed by atoms with Gasteiger partial charge in [-0.05, 0) is 56.9 Å². The number of hydrogen-bond donors (Lipinski definition) is 3. The van der Waals surface area contributed by atoms with E-state index in [-0.39, 0.29) is 12.5 Å². The number of carbonyl (C=O) groups excluding carboxylic acids is 4. The predicted octanol–water partition coefficient (Wildman–Crippen LogP) is 3.05. The first-order valence-corrected chi connectivity index (χ1v) is 11.2. The normalized spacial score (nSPS) is 12.4. The van der Waals surface area contributed by atoms with E-state index in [1.54, 1.807) is 38.1 Å². The van der Waals surface area contributed by atoms with Crippen molar-refractivity contribution in [2.75, 3.05) is 11.9 Å². The largest absolute Gasteiger partial charge is 0.451 e. The number of hydrogen-bond acceptors (Lipinski definition) is 5. The molecular weight excluding hydrogens is 434 g/mol. The van der Waals surface area contributed by atoms with Gasteiger partial charge in [-0.3, -0.25) is 14.4 Å². The molecule has 3 amide bonds. The lowest BCUT2D eigenvalue weighted by Crippen LogP contribution is -2.48. The third kappa shape index (κ3) is 7.43. The van der Waals surface area contributed by atoms with E-state index in [1.165, 1.54) is 6.92 Å². The van der Waals surface area contributed by atoms with Crippen LogP contribution in [-0.4, -0.2) is 42.4 Å². The molecule has 0 aliphatic rings. The molecule has 0 aliphatic heterocycles. The van der Waals surface area contributed by atoms with E-state index in [4.69, 9.17) is 4.74 Å². The third-order valence-electron chi connectivity index (χ3n) is 5.35. The highest BCUT2D eigenvalue weighted by Gasteiger charge is 2.29. The highest BCUT2D eigenvalue weighted by Crippen LogP contribution is 2.19. The minimum Gasteiger partial charge on any atom is -0.451 e. The van der Waals surface area contributed by atoms with Gasteiger partial charge in [0.05, 0.1) is 6.54 Å². The lowest BCUT2D eigenvalue weighted by atomic mass is 10.0. The third-order valence-corrected chi connectivity index (χ3v) is 5.35. The van der Waals surface area contributed by atoms with Crippen molar-refractivity contribution in [2.24, 2.45) is 5.92 Å². The number of rotatable bonds is 9. The van der Waals surface area contributed by atoms with Crippen LogP contribution in [0, 0.1) is 26.7 Å². The second-order valence-electron chi connectivity index (χ2n) is 8.67. The van der Waals surface area contributed by atoms with Crippen molar-refractivity contribution in [1.29, 1.82) is 0 Å². The van der Waals surface area contributed by atoms with Crippen LogP contribution in [0.1, 0.15) is 47.8 Å². The smallest absolute Gasteiger partial charge is 0.329 e. The Balaban J connectivity index is 1.90. The summed E-state index contributed by atoms with van der Waals surface area (Å²) in [7, 11) is 0. The molecule has 2 atom stereocenters. The number of aryl methyl sites for hydroxylation is 3. The van der Waals surface area contributed by atoms with Crippen molar-refractivity contribution < 1.29 is 23.9 Å². The summed E-state index contributed by atoms with van der Waals surface area (Å²) < 4.78 is 5.28.